The topological polar surface area (TPSA) is 78.1 Å². The van der Waals surface area contributed by atoms with Crippen molar-refractivity contribution < 1.29 is 8.42 Å². The summed E-state index contributed by atoms with van der Waals surface area (Å²) < 4.78 is 26.8. The largest absolute Gasteiger partial charge is 0.310 e. The molecule has 0 spiro atoms. The van der Waals surface area contributed by atoms with Gasteiger partial charge in [-0.25, -0.2) is 8.42 Å². The van der Waals surface area contributed by atoms with E-state index in [4.69, 9.17) is 0 Å². The van der Waals surface area contributed by atoms with Crippen molar-refractivity contribution in [2.45, 2.75) is 56.3 Å². The molecule has 19 heavy (non-hydrogen) atoms. The highest BCUT2D eigenvalue weighted by atomic mass is 32.2. The van der Waals surface area contributed by atoms with Crippen LogP contribution < -0.4 is 5.32 Å². The highest BCUT2D eigenvalue weighted by molar-refractivity contribution is 7.89. The van der Waals surface area contributed by atoms with Gasteiger partial charge < -0.3 is 5.32 Å². The molecule has 1 aromatic rings. The molecule has 1 unspecified atom stereocenters. The monoisotopic (exact) mass is 284 g/mol. The molecule has 2 aliphatic rings. The first-order valence-corrected chi connectivity index (χ1v) is 8.30. The van der Waals surface area contributed by atoms with E-state index >= 15 is 0 Å². The molecule has 0 amide bonds. The molecule has 0 aromatic carbocycles. The molecular formula is C12H20N4O2S. The highest BCUT2D eigenvalue weighted by Gasteiger charge is 2.35. The van der Waals surface area contributed by atoms with Crippen molar-refractivity contribution in [2.75, 3.05) is 6.54 Å². The van der Waals surface area contributed by atoms with E-state index in [1.54, 1.807) is 10.5 Å². The smallest absolute Gasteiger partial charge is 0.260 e. The van der Waals surface area contributed by atoms with Crippen molar-refractivity contribution in [2.24, 2.45) is 0 Å². The lowest BCUT2D eigenvalue weighted by Gasteiger charge is -2.20. The van der Waals surface area contributed by atoms with Crippen molar-refractivity contribution in [3.8, 4) is 0 Å². The summed E-state index contributed by atoms with van der Waals surface area (Å²) in [5, 5.41) is 10.2. The number of nitrogens with zero attached hydrogens (tertiary/aromatic N) is 2. The van der Waals surface area contributed by atoms with Crippen LogP contribution in [-0.4, -0.2) is 41.5 Å². The molecule has 106 valence electrons. The Bertz CT molecular complexity index is 550. The number of rotatable bonds is 5. The molecule has 2 heterocycles. The Kier molecular flexibility index (Phi) is 3.36. The number of sulfonamides is 1. The maximum atomic E-state index is 12.6. The quantitative estimate of drug-likeness (QED) is 0.839. The maximum Gasteiger partial charge on any atom is 0.260 e. The second-order valence-corrected chi connectivity index (χ2v) is 7.31. The van der Waals surface area contributed by atoms with Gasteiger partial charge in [-0.2, -0.15) is 9.40 Å². The Morgan fingerprint density at radius 3 is 2.89 bits per heavy atom. The van der Waals surface area contributed by atoms with E-state index in [1.807, 2.05) is 6.92 Å². The third-order valence-corrected chi connectivity index (χ3v) is 5.92. The zero-order chi connectivity index (χ0) is 13.5. The average Bonchev–Trinajstić information content (AvgIpc) is 2.88. The minimum atomic E-state index is -3.43. The van der Waals surface area contributed by atoms with Gasteiger partial charge in [0.05, 0.1) is 6.20 Å². The molecule has 0 bridgehead atoms. The lowest BCUT2D eigenvalue weighted by atomic mass is 10.3. The van der Waals surface area contributed by atoms with Gasteiger partial charge in [0.1, 0.15) is 0 Å². The molecule has 1 aromatic heterocycles. The van der Waals surface area contributed by atoms with Gasteiger partial charge in [0, 0.05) is 30.7 Å². The van der Waals surface area contributed by atoms with Crippen molar-refractivity contribution in [1.29, 1.82) is 0 Å². The summed E-state index contributed by atoms with van der Waals surface area (Å²) in [4.78, 5) is 0. The molecule has 6 nitrogen and oxygen atoms in total. The Labute approximate surface area is 113 Å². The lowest BCUT2D eigenvalue weighted by molar-refractivity contribution is 0.405. The summed E-state index contributed by atoms with van der Waals surface area (Å²) in [5.41, 5.74) is 0.742. The van der Waals surface area contributed by atoms with Gasteiger partial charge in [-0.1, -0.05) is 0 Å². The van der Waals surface area contributed by atoms with Gasteiger partial charge in [0.15, 0.2) is 5.03 Å². The van der Waals surface area contributed by atoms with Crippen LogP contribution in [0, 0.1) is 0 Å². The van der Waals surface area contributed by atoms with E-state index in [1.165, 1.54) is 12.8 Å². The summed E-state index contributed by atoms with van der Waals surface area (Å²) in [7, 11) is -3.43. The normalized spacial score (nSPS) is 25.0. The first kappa shape index (κ1) is 13.1. The molecule has 1 aliphatic carbocycles. The molecule has 0 radical (unpaired) electrons. The number of hydrogen-bond donors (Lipinski definition) is 2. The van der Waals surface area contributed by atoms with Crippen molar-refractivity contribution in [3.63, 3.8) is 0 Å². The van der Waals surface area contributed by atoms with Crippen LogP contribution in [0.5, 0.6) is 0 Å². The van der Waals surface area contributed by atoms with Crippen LogP contribution in [0.15, 0.2) is 11.2 Å². The summed E-state index contributed by atoms with van der Waals surface area (Å²) in [5.74, 6) is 0. The molecule has 1 saturated carbocycles. The van der Waals surface area contributed by atoms with Gasteiger partial charge >= 0.3 is 0 Å². The molecule has 7 heteroatoms. The van der Waals surface area contributed by atoms with Crippen LogP contribution in [0.25, 0.3) is 0 Å². The van der Waals surface area contributed by atoms with Gasteiger partial charge in [-0.3, -0.25) is 5.10 Å². The SMILES string of the molecule is CC1CCCN1S(=O)(=O)c1[nH]ncc1CNC1CC1. The predicted molar refractivity (Wildman–Crippen MR) is 71.0 cm³/mol. The summed E-state index contributed by atoms with van der Waals surface area (Å²) in [6, 6.07) is 0.633. The standard InChI is InChI=1S/C12H20N4O2S/c1-9-3-2-6-16(9)19(17,18)12-10(8-14-15-12)7-13-11-4-5-11/h8-9,11,13H,2-7H2,1H3,(H,14,15). The first-order chi connectivity index (χ1) is 9.09. The van der Waals surface area contributed by atoms with E-state index < -0.39 is 10.0 Å². The lowest BCUT2D eigenvalue weighted by Crippen LogP contribution is -2.34. The van der Waals surface area contributed by atoms with Crippen molar-refractivity contribution in [3.05, 3.63) is 11.8 Å². The van der Waals surface area contributed by atoms with E-state index in [0.717, 1.165) is 18.4 Å². The molecule has 2 fully saturated rings. The Morgan fingerprint density at radius 2 is 2.26 bits per heavy atom. The highest BCUT2D eigenvalue weighted by Crippen LogP contribution is 2.27. The Hall–Kier alpha value is -0.920. The van der Waals surface area contributed by atoms with Crippen molar-refractivity contribution >= 4 is 10.0 Å². The third kappa shape index (κ3) is 2.54. The minimum Gasteiger partial charge on any atom is -0.310 e. The van der Waals surface area contributed by atoms with Gasteiger partial charge in [-0.15, -0.1) is 0 Å². The summed E-state index contributed by atoms with van der Waals surface area (Å²) in [6.45, 7) is 3.14. The van der Waals surface area contributed by atoms with Crippen LogP contribution in [0.3, 0.4) is 0 Å². The minimum absolute atomic E-state index is 0.0811. The molecular weight excluding hydrogens is 264 g/mol. The number of hydrogen-bond acceptors (Lipinski definition) is 4. The van der Waals surface area contributed by atoms with Crippen LogP contribution in [0.4, 0.5) is 0 Å². The number of nitrogens with one attached hydrogen (secondary N) is 2. The van der Waals surface area contributed by atoms with E-state index in [2.05, 4.69) is 15.5 Å². The summed E-state index contributed by atoms with van der Waals surface area (Å²) >= 11 is 0. The van der Waals surface area contributed by atoms with Crippen molar-refractivity contribution in [1.82, 2.24) is 19.8 Å². The van der Waals surface area contributed by atoms with E-state index in [-0.39, 0.29) is 11.1 Å². The van der Waals surface area contributed by atoms with Crippen LogP contribution in [0.1, 0.15) is 38.2 Å². The maximum absolute atomic E-state index is 12.6. The molecule has 3 rings (SSSR count). The summed E-state index contributed by atoms with van der Waals surface area (Å²) in [6.07, 6.45) is 5.85. The fraction of sp³-hybridized carbons (Fsp3) is 0.750. The fourth-order valence-corrected chi connectivity index (χ4v) is 4.38. The molecule has 1 saturated heterocycles. The van der Waals surface area contributed by atoms with Crippen LogP contribution in [-0.2, 0) is 16.6 Å². The zero-order valence-electron chi connectivity index (χ0n) is 11.1. The molecule has 2 N–H and O–H groups in total. The predicted octanol–water partition coefficient (Wildman–Crippen LogP) is 0.835. The van der Waals surface area contributed by atoms with Crippen LogP contribution >= 0.6 is 0 Å². The van der Waals surface area contributed by atoms with E-state index in [9.17, 15) is 8.42 Å². The first-order valence-electron chi connectivity index (χ1n) is 6.86. The number of aromatic nitrogens is 2. The van der Waals surface area contributed by atoms with Gasteiger partial charge in [-0.05, 0) is 32.6 Å². The second-order valence-electron chi connectivity index (χ2n) is 5.49. The van der Waals surface area contributed by atoms with Crippen LogP contribution in [0.2, 0.25) is 0 Å². The number of aromatic amines is 1. The fourth-order valence-electron chi connectivity index (χ4n) is 2.57. The van der Waals surface area contributed by atoms with E-state index in [0.29, 0.717) is 19.1 Å². The number of H-pyrrole nitrogens is 1. The Balaban J connectivity index is 1.81. The third-order valence-electron chi connectivity index (χ3n) is 3.90. The zero-order valence-corrected chi connectivity index (χ0v) is 11.9. The second kappa shape index (κ2) is 4.88. The average molecular weight is 284 g/mol. The molecule has 1 aliphatic heterocycles. The Morgan fingerprint density at radius 1 is 1.47 bits per heavy atom. The van der Waals surface area contributed by atoms with Gasteiger partial charge in [0.2, 0.25) is 0 Å². The van der Waals surface area contributed by atoms with Gasteiger partial charge in [0.25, 0.3) is 10.0 Å². The molecule has 1 atom stereocenters.